The summed E-state index contributed by atoms with van der Waals surface area (Å²) in [4.78, 5) is 25.0. The maximum atomic E-state index is 12.9. The summed E-state index contributed by atoms with van der Waals surface area (Å²) in [5, 5.41) is 2.70. The van der Waals surface area contributed by atoms with E-state index in [4.69, 9.17) is 5.73 Å². The largest absolute Gasteiger partial charge is 0.416 e. The predicted molar refractivity (Wildman–Crippen MR) is 86.5 cm³/mol. The first-order chi connectivity index (χ1) is 11.8. The summed E-state index contributed by atoms with van der Waals surface area (Å²) in [6.45, 7) is 1.40. The molecule has 1 saturated heterocycles. The lowest BCUT2D eigenvalue weighted by atomic mass is 9.97. The van der Waals surface area contributed by atoms with Crippen molar-refractivity contribution >= 4 is 11.8 Å². The number of likely N-dealkylation sites (tertiary alicyclic amines) is 1. The molecule has 1 heterocycles. The summed E-state index contributed by atoms with van der Waals surface area (Å²) in [6.07, 6.45) is -2.82. The number of amides is 2. The number of alkyl halides is 3. The smallest absolute Gasteiger partial charge is 0.369 e. The molecule has 0 unspecified atom stereocenters. The van der Waals surface area contributed by atoms with Crippen LogP contribution in [0.15, 0.2) is 24.3 Å². The van der Waals surface area contributed by atoms with Crippen LogP contribution >= 0.6 is 0 Å². The zero-order valence-electron chi connectivity index (χ0n) is 13.8. The van der Waals surface area contributed by atoms with Crippen LogP contribution in [0.4, 0.5) is 13.2 Å². The number of carbonyl (C=O) groups excluding carboxylic acids is 2. The van der Waals surface area contributed by atoms with Crippen LogP contribution in [0.3, 0.4) is 0 Å². The molecule has 5 nitrogen and oxygen atoms in total. The average molecular weight is 357 g/mol. The molecule has 1 atom stereocenters. The van der Waals surface area contributed by atoms with E-state index < -0.39 is 17.6 Å². The van der Waals surface area contributed by atoms with Gasteiger partial charge < -0.3 is 11.1 Å². The van der Waals surface area contributed by atoms with Gasteiger partial charge in [-0.05, 0) is 37.4 Å². The van der Waals surface area contributed by atoms with Gasteiger partial charge in [0.05, 0.1) is 18.0 Å². The van der Waals surface area contributed by atoms with E-state index in [-0.39, 0.29) is 36.9 Å². The zero-order valence-corrected chi connectivity index (χ0v) is 13.8. The van der Waals surface area contributed by atoms with E-state index in [0.29, 0.717) is 19.5 Å². The number of rotatable bonds is 6. The Balaban J connectivity index is 1.86. The van der Waals surface area contributed by atoms with Crippen LogP contribution in [0, 0.1) is 5.92 Å². The van der Waals surface area contributed by atoms with Gasteiger partial charge in [-0.1, -0.05) is 18.2 Å². The van der Waals surface area contributed by atoms with E-state index in [1.165, 1.54) is 12.1 Å². The van der Waals surface area contributed by atoms with Gasteiger partial charge in [0.15, 0.2) is 0 Å². The Morgan fingerprint density at radius 3 is 2.68 bits per heavy atom. The molecule has 1 aromatic carbocycles. The van der Waals surface area contributed by atoms with Gasteiger partial charge in [-0.3, -0.25) is 14.5 Å². The number of hydrogen-bond donors (Lipinski definition) is 2. The van der Waals surface area contributed by atoms with Crippen molar-refractivity contribution in [1.29, 1.82) is 0 Å². The van der Waals surface area contributed by atoms with Gasteiger partial charge >= 0.3 is 6.18 Å². The summed E-state index contributed by atoms with van der Waals surface area (Å²) >= 11 is 0. The average Bonchev–Trinajstić information content (AvgIpc) is 2.54. The first-order valence-corrected chi connectivity index (χ1v) is 8.21. The third-order valence-electron chi connectivity index (χ3n) is 4.27. The van der Waals surface area contributed by atoms with E-state index in [9.17, 15) is 22.8 Å². The fourth-order valence-electron chi connectivity index (χ4n) is 3.11. The van der Waals surface area contributed by atoms with Crippen LogP contribution in [0.25, 0.3) is 0 Å². The molecular formula is C17H22F3N3O2. The van der Waals surface area contributed by atoms with Gasteiger partial charge in [-0.25, -0.2) is 0 Å². The van der Waals surface area contributed by atoms with Crippen molar-refractivity contribution in [2.24, 2.45) is 11.7 Å². The second kappa shape index (κ2) is 8.33. The van der Waals surface area contributed by atoms with Crippen molar-refractivity contribution in [2.45, 2.75) is 25.4 Å². The zero-order chi connectivity index (χ0) is 18.4. The van der Waals surface area contributed by atoms with Crippen molar-refractivity contribution < 1.29 is 22.8 Å². The number of primary amides is 1. The second-order valence-corrected chi connectivity index (χ2v) is 6.24. The number of halogens is 3. The quantitative estimate of drug-likeness (QED) is 0.811. The molecule has 1 fully saturated rings. The number of nitrogens with zero attached hydrogens (tertiary/aromatic N) is 1. The molecule has 1 aliphatic rings. The molecule has 1 aliphatic heterocycles. The number of carbonyl (C=O) groups is 2. The highest BCUT2D eigenvalue weighted by molar-refractivity contribution is 5.79. The minimum absolute atomic E-state index is 0.110. The number of nitrogens with one attached hydrogen (secondary N) is 1. The Bertz CT molecular complexity index is 619. The SMILES string of the molecule is NC(=O)CN1CCC[C@@H](C(=O)NCCc2ccccc2C(F)(F)F)C1. The topological polar surface area (TPSA) is 75.4 Å². The molecule has 0 radical (unpaired) electrons. The summed E-state index contributed by atoms with van der Waals surface area (Å²) in [5.74, 6) is -0.908. The van der Waals surface area contributed by atoms with Crippen molar-refractivity contribution in [1.82, 2.24) is 10.2 Å². The van der Waals surface area contributed by atoms with Crippen LogP contribution in [0.2, 0.25) is 0 Å². The van der Waals surface area contributed by atoms with Crippen LogP contribution < -0.4 is 11.1 Å². The van der Waals surface area contributed by atoms with E-state index in [1.807, 2.05) is 4.90 Å². The normalized spacial score (nSPS) is 18.8. The summed E-state index contributed by atoms with van der Waals surface area (Å²) in [7, 11) is 0. The molecule has 0 saturated carbocycles. The van der Waals surface area contributed by atoms with E-state index in [2.05, 4.69) is 5.32 Å². The first kappa shape index (κ1) is 19.2. The monoisotopic (exact) mass is 357 g/mol. The minimum atomic E-state index is -4.40. The standard InChI is InChI=1S/C17H22F3N3O2/c18-17(19,20)14-6-2-1-4-12(14)7-8-22-16(25)13-5-3-9-23(10-13)11-15(21)24/h1-2,4,6,13H,3,5,7-11H2,(H2,21,24)(H,22,25)/t13-/m1/s1. The molecule has 2 rings (SSSR count). The van der Waals surface area contributed by atoms with E-state index in [0.717, 1.165) is 12.5 Å². The molecule has 138 valence electrons. The van der Waals surface area contributed by atoms with Crippen molar-refractivity contribution in [3.63, 3.8) is 0 Å². The Morgan fingerprint density at radius 2 is 2.00 bits per heavy atom. The molecule has 25 heavy (non-hydrogen) atoms. The van der Waals surface area contributed by atoms with Crippen molar-refractivity contribution in [3.05, 3.63) is 35.4 Å². The van der Waals surface area contributed by atoms with Crippen LogP contribution in [-0.2, 0) is 22.2 Å². The number of benzene rings is 1. The lowest BCUT2D eigenvalue weighted by Crippen LogP contribution is -2.46. The second-order valence-electron chi connectivity index (χ2n) is 6.24. The molecule has 2 amide bonds. The molecule has 8 heteroatoms. The van der Waals surface area contributed by atoms with Gasteiger partial charge in [-0.15, -0.1) is 0 Å². The Labute approximate surface area is 144 Å². The van der Waals surface area contributed by atoms with E-state index >= 15 is 0 Å². The Hall–Kier alpha value is -2.09. The van der Waals surface area contributed by atoms with E-state index in [1.54, 1.807) is 6.07 Å². The van der Waals surface area contributed by atoms with Crippen LogP contribution in [-0.4, -0.2) is 42.9 Å². The van der Waals surface area contributed by atoms with Crippen molar-refractivity contribution in [2.75, 3.05) is 26.2 Å². The fraction of sp³-hybridized carbons (Fsp3) is 0.529. The number of hydrogen-bond acceptors (Lipinski definition) is 3. The summed E-state index contributed by atoms with van der Waals surface area (Å²) < 4.78 is 38.8. The van der Waals surface area contributed by atoms with Gasteiger partial charge in [0.1, 0.15) is 0 Å². The highest BCUT2D eigenvalue weighted by Gasteiger charge is 2.32. The molecule has 0 aromatic heterocycles. The summed E-state index contributed by atoms with van der Waals surface area (Å²) in [6, 6.07) is 5.36. The van der Waals surface area contributed by atoms with Gasteiger partial charge in [0.25, 0.3) is 0 Å². The molecule has 0 bridgehead atoms. The molecular weight excluding hydrogens is 335 g/mol. The Kier molecular flexibility index (Phi) is 6.41. The number of piperidine rings is 1. The van der Waals surface area contributed by atoms with Crippen LogP contribution in [0.1, 0.15) is 24.0 Å². The third-order valence-corrected chi connectivity index (χ3v) is 4.27. The predicted octanol–water partition coefficient (Wildman–Crippen LogP) is 1.56. The Morgan fingerprint density at radius 1 is 1.28 bits per heavy atom. The lowest BCUT2D eigenvalue weighted by molar-refractivity contribution is -0.138. The highest BCUT2D eigenvalue weighted by Crippen LogP contribution is 2.31. The first-order valence-electron chi connectivity index (χ1n) is 8.21. The lowest BCUT2D eigenvalue weighted by Gasteiger charge is -2.31. The third kappa shape index (κ3) is 5.74. The highest BCUT2D eigenvalue weighted by atomic mass is 19.4. The van der Waals surface area contributed by atoms with Gasteiger partial charge in [0.2, 0.25) is 11.8 Å². The molecule has 3 N–H and O–H groups in total. The fourth-order valence-corrected chi connectivity index (χ4v) is 3.11. The maximum absolute atomic E-state index is 12.9. The molecule has 1 aromatic rings. The maximum Gasteiger partial charge on any atom is 0.416 e. The van der Waals surface area contributed by atoms with Gasteiger partial charge in [0, 0.05) is 13.1 Å². The molecule has 0 aliphatic carbocycles. The van der Waals surface area contributed by atoms with Crippen molar-refractivity contribution in [3.8, 4) is 0 Å². The molecule has 0 spiro atoms. The number of nitrogens with two attached hydrogens (primary N) is 1. The summed E-state index contributed by atoms with van der Waals surface area (Å²) in [5.41, 5.74) is 4.66. The van der Waals surface area contributed by atoms with Crippen LogP contribution in [0.5, 0.6) is 0 Å². The van der Waals surface area contributed by atoms with Gasteiger partial charge in [-0.2, -0.15) is 13.2 Å². The minimum Gasteiger partial charge on any atom is -0.369 e.